The highest BCUT2D eigenvalue weighted by atomic mass is 32.2. The average molecular weight is 400 g/mol. The van der Waals surface area contributed by atoms with Gasteiger partial charge in [-0.25, -0.2) is 9.78 Å². The van der Waals surface area contributed by atoms with Crippen molar-refractivity contribution in [2.24, 2.45) is 0 Å². The molecular formula is C19H20N4O4S. The van der Waals surface area contributed by atoms with E-state index in [1.807, 2.05) is 30.3 Å². The Morgan fingerprint density at radius 2 is 2.07 bits per heavy atom. The van der Waals surface area contributed by atoms with Gasteiger partial charge in [-0.15, -0.1) is 11.8 Å². The molecule has 3 heterocycles. The predicted molar refractivity (Wildman–Crippen MR) is 105 cm³/mol. The summed E-state index contributed by atoms with van der Waals surface area (Å²) in [6.45, 7) is 1.50. The molecule has 0 bridgehead atoms. The number of hydrogen-bond acceptors (Lipinski definition) is 6. The van der Waals surface area contributed by atoms with Crippen LogP contribution in [-0.4, -0.2) is 42.6 Å². The molecule has 4 rings (SSSR count). The molecule has 2 aromatic rings. The first-order valence-electron chi connectivity index (χ1n) is 8.99. The molecule has 0 spiro atoms. The second-order valence-corrected chi connectivity index (χ2v) is 7.36. The third kappa shape index (κ3) is 4.14. The van der Waals surface area contributed by atoms with E-state index in [1.165, 1.54) is 0 Å². The van der Waals surface area contributed by atoms with Gasteiger partial charge in [-0.05, 0) is 29.8 Å². The molecule has 9 heteroatoms. The third-order valence-corrected chi connectivity index (χ3v) is 5.37. The minimum absolute atomic E-state index is 0.130. The van der Waals surface area contributed by atoms with Crippen LogP contribution in [0.4, 0.5) is 10.5 Å². The lowest BCUT2D eigenvalue weighted by molar-refractivity contribution is -0.121. The zero-order valence-corrected chi connectivity index (χ0v) is 16.0. The minimum atomic E-state index is -0.210. The number of hydrogen-bond donors (Lipinski definition) is 2. The highest BCUT2D eigenvalue weighted by Crippen LogP contribution is 2.33. The second-order valence-electron chi connectivity index (χ2n) is 6.27. The molecule has 28 heavy (non-hydrogen) atoms. The maximum atomic E-state index is 12.5. The molecule has 0 saturated carbocycles. The molecule has 0 aliphatic carbocycles. The fourth-order valence-electron chi connectivity index (χ4n) is 2.98. The molecule has 146 valence electrons. The summed E-state index contributed by atoms with van der Waals surface area (Å²) in [5, 5.41) is 6.51. The molecule has 1 aromatic heterocycles. The van der Waals surface area contributed by atoms with Crippen LogP contribution in [0.3, 0.4) is 0 Å². The molecular weight excluding hydrogens is 380 g/mol. The number of urea groups is 1. The van der Waals surface area contributed by atoms with E-state index in [-0.39, 0.29) is 31.7 Å². The first-order valence-corrected chi connectivity index (χ1v) is 9.98. The zero-order valence-electron chi connectivity index (χ0n) is 15.1. The first kappa shape index (κ1) is 18.4. The second kappa shape index (κ2) is 8.39. The Labute approximate surface area is 166 Å². The summed E-state index contributed by atoms with van der Waals surface area (Å²) in [4.78, 5) is 30.5. The van der Waals surface area contributed by atoms with Gasteiger partial charge in [-0.3, -0.25) is 9.69 Å². The van der Waals surface area contributed by atoms with Gasteiger partial charge in [0, 0.05) is 38.0 Å². The standard InChI is InChI=1S/C19H20N4O4S/c24-17(22-11-13-3-4-15-16(10-13)27-12-26-15)5-7-21-19(25)23-8-9-28-18-14(23)2-1-6-20-18/h1-4,6,10H,5,7-9,11-12H2,(H,21,25)(H,22,24). The molecule has 0 atom stereocenters. The van der Waals surface area contributed by atoms with Gasteiger partial charge in [-0.2, -0.15) is 0 Å². The maximum Gasteiger partial charge on any atom is 0.322 e. The fraction of sp³-hybridized carbons (Fsp3) is 0.316. The lowest BCUT2D eigenvalue weighted by Gasteiger charge is -2.28. The number of aromatic nitrogens is 1. The van der Waals surface area contributed by atoms with E-state index in [0.717, 1.165) is 22.0 Å². The fourth-order valence-corrected chi connectivity index (χ4v) is 3.91. The van der Waals surface area contributed by atoms with Crippen LogP contribution in [0.1, 0.15) is 12.0 Å². The summed E-state index contributed by atoms with van der Waals surface area (Å²) in [6.07, 6.45) is 1.93. The zero-order chi connectivity index (χ0) is 19.3. The lowest BCUT2D eigenvalue weighted by Crippen LogP contribution is -2.44. The van der Waals surface area contributed by atoms with E-state index >= 15 is 0 Å². The monoisotopic (exact) mass is 400 g/mol. The number of benzene rings is 1. The molecule has 0 unspecified atom stereocenters. The van der Waals surface area contributed by atoms with Gasteiger partial charge in [0.25, 0.3) is 0 Å². The van der Waals surface area contributed by atoms with Crippen molar-refractivity contribution >= 4 is 29.4 Å². The van der Waals surface area contributed by atoms with Crippen LogP contribution in [0.5, 0.6) is 11.5 Å². The number of fused-ring (bicyclic) bond motifs is 2. The van der Waals surface area contributed by atoms with Crippen molar-refractivity contribution in [3.63, 3.8) is 0 Å². The molecule has 0 saturated heterocycles. The number of carbonyl (C=O) groups is 2. The maximum absolute atomic E-state index is 12.5. The number of anilines is 1. The van der Waals surface area contributed by atoms with E-state index in [9.17, 15) is 9.59 Å². The molecule has 2 aliphatic rings. The molecule has 0 fully saturated rings. The number of nitrogens with zero attached hydrogens (tertiary/aromatic N) is 2. The van der Waals surface area contributed by atoms with Crippen LogP contribution in [-0.2, 0) is 11.3 Å². The number of thioether (sulfide) groups is 1. The van der Waals surface area contributed by atoms with Crippen molar-refractivity contribution in [3.8, 4) is 11.5 Å². The van der Waals surface area contributed by atoms with Crippen molar-refractivity contribution in [1.29, 1.82) is 0 Å². The van der Waals surface area contributed by atoms with E-state index < -0.39 is 0 Å². The first-order chi connectivity index (χ1) is 13.7. The quantitative estimate of drug-likeness (QED) is 0.799. The van der Waals surface area contributed by atoms with E-state index in [2.05, 4.69) is 15.6 Å². The third-order valence-electron chi connectivity index (χ3n) is 4.40. The van der Waals surface area contributed by atoms with Gasteiger partial charge in [-0.1, -0.05) is 6.07 Å². The lowest BCUT2D eigenvalue weighted by atomic mass is 10.2. The summed E-state index contributed by atoms with van der Waals surface area (Å²) in [5.74, 6) is 2.07. The van der Waals surface area contributed by atoms with E-state index in [0.29, 0.717) is 24.6 Å². The van der Waals surface area contributed by atoms with Gasteiger partial charge in [0.05, 0.1) is 5.69 Å². The summed E-state index contributed by atoms with van der Waals surface area (Å²) in [7, 11) is 0. The van der Waals surface area contributed by atoms with Crippen molar-refractivity contribution in [1.82, 2.24) is 15.6 Å². The van der Waals surface area contributed by atoms with E-state index in [4.69, 9.17) is 9.47 Å². The largest absolute Gasteiger partial charge is 0.454 e. The van der Waals surface area contributed by atoms with Gasteiger partial charge in [0.2, 0.25) is 12.7 Å². The number of rotatable bonds is 5. The van der Waals surface area contributed by atoms with Crippen LogP contribution < -0.4 is 25.0 Å². The highest BCUT2D eigenvalue weighted by Gasteiger charge is 2.23. The minimum Gasteiger partial charge on any atom is -0.454 e. The Bertz CT molecular complexity index is 892. The Morgan fingerprint density at radius 1 is 1.18 bits per heavy atom. The Morgan fingerprint density at radius 3 is 3.00 bits per heavy atom. The summed E-state index contributed by atoms with van der Waals surface area (Å²) in [5.41, 5.74) is 1.74. The van der Waals surface area contributed by atoms with Crippen LogP contribution in [0.2, 0.25) is 0 Å². The van der Waals surface area contributed by atoms with Crippen molar-refractivity contribution in [3.05, 3.63) is 42.1 Å². The predicted octanol–water partition coefficient (Wildman–Crippen LogP) is 2.14. The smallest absolute Gasteiger partial charge is 0.322 e. The Balaban J connectivity index is 1.22. The average Bonchev–Trinajstić information content (AvgIpc) is 3.19. The normalized spacial score (nSPS) is 14.4. The van der Waals surface area contributed by atoms with Gasteiger partial charge in [0.1, 0.15) is 5.03 Å². The number of nitrogens with one attached hydrogen (secondary N) is 2. The van der Waals surface area contributed by atoms with Crippen LogP contribution in [0.25, 0.3) is 0 Å². The van der Waals surface area contributed by atoms with Gasteiger partial charge in [0.15, 0.2) is 11.5 Å². The van der Waals surface area contributed by atoms with Crippen LogP contribution in [0.15, 0.2) is 41.6 Å². The van der Waals surface area contributed by atoms with Gasteiger partial charge < -0.3 is 20.1 Å². The molecule has 2 N–H and O–H groups in total. The summed E-state index contributed by atoms with van der Waals surface area (Å²) in [6, 6.07) is 9.05. The SMILES string of the molecule is O=C(CCNC(=O)N1CCSc2ncccc21)NCc1ccc2c(c1)OCO2. The molecule has 2 aliphatic heterocycles. The van der Waals surface area contributed by atoms with Gasteiger partial charge >= 0.3 is 6.03 Å². The van der Waals surface area contributed by atoms with Crippen molar-refractivity contribution < 1.29 is 19.1 Å². The van der Waals surface area contributed by atoms with Crippen LogP contribution >= 0.6 is 11.8 Å². The number of carbonyl (C=O) groups excluding carboxylic acids is 2. The number of pyridine rings is 1. The highest BCUT2D eigenvalue weighted by molar-refractivity contribution is 7.99. The topological polar surface area (TPSA) is 92.8 Å². The number of ether oxygens (including phenoxy) is 2. The molecule has 0 radical (unpaired) electrons. The van der Waals surface area contributed by atoms with E-state index in [1.54, 1.807) is 22.9 Å². The van der Waals surface area contributed by atoms with Crippen molar-refractivity contribution in [2.75, 3.05) is 30.5 Å². The molecule has 1 aromatic carbocycles. The summed E-state index contributed by atoms with van der Waals surface area (Å²) >= 11 is 1.64. The molecule has 8 nitrogen and oxygen atoms in total. The Hall–Kier alpha value is -2.94. The van der Waals surface area contributed by atoms with Crippen molar-refractivity contribution in [2.45, 2.75) is 18.0 Å². The number of amides is 3. The Kier molecular flexibility index (Phi) is 5.52. The summed E-state index contributed by atoms with van der Waals surface area (Å²) < 4.78 is 10.6. The van der Waals surface area contributed by atoms with Crippen LogP contribution in [0, 0.1) is 0 Å². The molecule has 3 amide bonds.